The summed E-state index contributed by atoms with van der Waals surface area (Å²) in [6, 6.07) is 2.20. The van der Waals surface area contributed by atoms with E-state index in [0.29, 0.717) is 0 Å². The van der Waals surface area contributed by atoms with Crippen molar-refractivity contribution in [2.45, 2.75) is 27.6 Å². The summed E-state index contributed by atoms with van der Waals surface area (Å²) in [5.74, 6) is 0. The molecule has 0 unspecified atom stereocenters. The average Bonchev–Trinajstić information content (AvgIpc) is 2.28. The molecule has 0 N–H and O–H groups in total. The summed E-state index contributed by atoms with van der Waals surface area (Å²) in [4.78, 5) is 0. The van der Waals surface area contributed by atoms with Gasteiger partial charge in [-0.2, -0.15) is 0 Å². The maximum Gasteiger partial charge on any atom is 0.248 e. The van der Waals surface area contributed by atoms with Gasteiger partial charge in [-0.15, -0.1) is 0 Å². The van der Waals surface area contributed by atoms with Crippen LogP contribution in [-0.4, -0.2) is 11.9 Å². The molecule has 2 heteroatoms. The van der Waals surface area contributed by atoms with Crippen molar-refractivity contribution in [2.24, 2.45) is 0 Å². The van der Waals surface area contributed by atoms with Crippen molar-refractivity contribution >= 4 is 13.5 Å². The van der Waals surface area contributed by atoms with Crippen molar-refractivity contribution in [3.05, 3.63) is 29.1 Å². The summed E-state index contributed by atoms with van der Waals surface area (Å²) in [7, 11) is 2.09. The Bertz CT molecular complexity index is 297. The highest BCUT2D eigenvalue weighted by Gasteiger charge is 2.04. The molecule has 0 aliphatic heterocycles. The Balaban J connectivity index is 3.22. The van der Waals surface area contributed by atoms with E-state index in [1.165, 1.54) is 17.0 Å². The van der Waals surface area contributed by atoms with Gasteiger partial charge in [0.2, 0.25) is 7.41 Å². The van der Waals surface area contributed by atoms with Crippen LogP contribution >= 0.6 is 0 Å². The Kier molecular flexibility index (Phi) is 2.80. The van der Waals surface area contributed by atoms with Crippen molar-refractivity contribution in [1.29, 1.82) is 0 Å². The minimum atomic E-state index is 1.29. The standard InChI is InChI=1S/C10H15BN/c1-5-6-10-8(2)7-9(3)12(10)11-4/h5-7H,1-4H3. The molecule has 63 valence electrons. The summed E-state index contributed by atoms with van der Waals surface area (Å²) in [6.07, 6.45) is 4.21. The van der Waals surface area contributed by atoms with E-state index in [-0.39, 0.29) is 0 Å². The molecular formula is C10H15BN. The highest BCUT2D eigenvalue weighted by Crippen LogP contribution is 2.14. The lowest BCUT2D eigenvalue weighted by Crippen LogP contribution is -2.05. The predicted octanol–water partition coefficient (Wildman–Crippen LogP) is 2.65. The summed E-state index contributed by atoms with van der Waals surface area (Å²) in [5.41, 5.74) is 3.92. The summed E-state index contributed by atoms with van der Waals surface area (Å²) >= 11 is 0. The first-order valence-corrected chi connectivity index (χ1v) is 4.31. The Morgan fingerprint density at radius 3 is 2.58 bits per heavy atom. The Hall–Kier alpha value is -0.915. The number of allylic oxidation sites excluding steroid dienone is 1. The van der Waals surface area contributed by atoms with E-state index < -0.39 is 0 Å². The van der Waals surface area contributed by atoms with Crippen LogP contribution in [0.3, 0.4) is 0 Å². The summed E-state index contributed by atoms with van der Waals surface area (Å²) in [5, 5.41) is 0. The first kappa shape index (κ1) is 9.18. The second-order valence-electron chi connectivity index (χ2n) is 2.98. The van der Waals surface area contributed by atoms with Crippen LogP contribution in [0.15, 0.2) is 12.1 Å². The van der Waals surface area contributed by atoms with Crippen LogP contribution in [0.1, 0.15) is 23.9 Å². The number of aromatic nitrogens is 1. The number of rotatable bonds is 2. The van der Waals surface area contributed by atoms with Crippen molar-refractivity contribution < 1.29 is 0 Å². The fourth-order valence-corrected chi connectivity index (χ4v) is 1.55. The first-order chi connectivity index (χ1) is 5.70. The molecule has 0 saturated heterocycles. The van der Waals surface area contributed by atoms with E-state index >= 15 is 0 Å². The van der Waals surface area contributed by atoms with E-state index in [1.807, 2.05) is 6.92 Å². The van der Waals surface area contributed by atoms with Gasteiger partial charge in [-0.25, -0.2) is 0 Å². The van der Waals surface area contributed by atoms with Crippen molar-refractivity contribution in [1.82, 2.24) is 4.48 Å². The van der Waals surface area contributed by atoms with Gasteiger partial charge >= 0.3 is 0 Å². The van der Waals surface area contributed by atoms with Gasteiger partial charge in [-0.3, -0.25) is 0 Å². The van der Waals surface area contributed by atoms with Crippen molar-refractivity contribution in [3.63, 3.8) is 0 Å². The number of aryl methyl sites for hydroxylation is 2. The Morgan fingerprint density at radius 1 is 1.42 bits per heavy atom. The second kappa shape index (κ2) is 3.66. The highest BCUT2D eigenvalue weighted by atomic mass is 14.9. The minimum absolute atomic E-state index is 1.29. The van der Waals surface area contributed by atoms with Gasteiger partial charge in [0.05, 0.1) is 0 Å². The predicted molar refractivity (Wildman–Crippen MR) is 55.6 cm³/mol. The van der Waals surface area contributed by atoms with Crippen molar-refractivity contribution in [3.8, 4) is 0 Å². The van der Waals surface area contributed by atoms with Crippen LogP contribution in [0.2, 0.25) is 6.82 Å². The molecule has 1 aromatic rings. The molecule has 0 fully saturated rings. The molecule has 0 amide bonds. The lowest BCUT2D eigenvalue weighted by atomic mass is 9.98. The van der Waals surface area contributed by atoms with Crippen LogP contribution in [0, 0.1) is 13.8 Å². The lowest BCUT2D eigenvalue weighted by Gasteiger charge is -2.04. The first-order valence-electron chi connectivity index (χ1n) is 4.31. The molecule has 1 heterocycles. The van der Waals surface area contributed by atoms with Crippen LogP contribution in [0.5, 0.6) is 0 Å². The molecule has 1 radical (unpaired) electrons. The molecular weight excluding hydrogens is 145 g/mol. The average molecular weight is 160 g/mol. The zero-order valence-electron chi connectivity index (χ0n) is 8.26. The fourth-order valence-electron chi connectivity index (χ4n) is 1.55. The summed E-state index contributed by atoms with van der Waals surface area (Å²) in [6.45, 7) is 8.36. The summed E-state index contributed by atoms with van der Waals surface area (Å²) < 4.78 is 2.20. The van der Waals surface area contributed by atoms with Crippen LogP contribution in [0.25, 0.3) is 6.08 Å². The highest BCUT2D eigenvalue weighted by molar-refractivity contribution is 6.32. The lowest BCUT2D eigenvalue weighted by molar-refractivity contribution is 1.11. The zero-order valence-corrected chi connectivity index (χ0v) is 8.26. The topological polar surface area (TPSA) is 4.93 Å². The third kappa shape index (κ3) is 1.47. The number of hydrogen-bond acceptors (Lipinski definition) is 0. The number of nitrogens with zero attached hydrogens (tertiary/aromatic N) is 1. The van der Waals surface area contributed by atoms with Crippen LogP contribution < -0.4 is 0 Å². The monoisotopic (exact) mass is 160 g/mol. The van der Waals surface area contributed by atoms with E-state index in [2.05, 4.69) is 50.8 Å². The van der Waals surface area contributed by atoms with Gasteiger partial charge in [-0.1, -0.05) is 12.9 Å². The number of hydrogen-bond donors (Lipinski definition) is 0. The molecule has 0 aliphatic carbocycles. The Morgan fingerprint density at radius 2 is 2.08 bits per heavy atom. The molecule has 0 atom stereocenters. The zero-order chi connectivity index (χ0) is 9.14. The molecule has 0 aromatic carbocycles. The second-order valence-corrected chi connectivity index (χ2v) is 2.98. The van der Waals surface area contributed by atoms with Gasteiger partial charge < -0.3 is 4.48 Å². The van der Waals surface area contributed by atoms with Gasteiger partial charge in [-0.05, 0) is 38.5 Å². The van der Waals surface area contributed by atoms with Crippen LogP contribution in [-0.2, 0) is 0 Å². The van der Waals surface area contributed by atoms with Gasteiger partial charge in [0.1, 0.15) is 0 Å². The minimum Gasteiger partial charge on any atom is -0.395 e. The van der Waals surface area contributed by atoms with Gasteiger partial charge in [0.15, 0.2) is 0 Å². The van der Waals surface area contributed by atoms with Crippen molar-refractivity contribution in [2.75, 3.05) is 0 Å². The molecule has 1 aromatic heterocycles. The van der Waals surface area contributed by atoms with E-state index in [9.17, 15) is 0 Å². The largest absolute Gasteiger partial charge is 0.395 e. The maximum absolute atomic E-state index is 2.20. The molecule has 12 heavy (non-hydrogen) atoms. The Labute approximate surface area is 75.4 Å². The third-order valence-corrected chi connectivity index (χ3v) is 2.05. The maximum atomic E-state index is 2.20. The normalized spacial score (nSPS) is 11.0. The molecule has 1 nitrogen and oxygen atoms in total. The molecule has 0 aliphatic rings. The van der Waals surface area contributed by atoms with E-state index in [0.717, 1.165) is 0 Å². The third-order valence-electron chi connectivity index (χ3n) is 2.05. The molecule has 0 spiro atoms. The quantitative estimate of drug-likeness (QED) is 0.586. The van der Waals surface area contributed by atoms with Gasteiger partial charge in [0.25, 0.3) is 0 Å². The fraction of sp³-hybridized carbons (Fsp3) is 0.400. The molecule has 0 saturated carbocycles. The van der Waals surface area contributed by atoms with E-state index in [1.54, 1.807) is 0 Å². The van der Waals surface area contributed by atoms with Gasteiger partial charge in [0, 0.05) is 11.4 Å². The smallest absolute Gasteiger partial charge is 0.248 e. The molecule has 0 bridgehead atoms. The molecule has 1 rings (SSSR count). The van der Waals surface area contributed by atoms with Crippen LogP contribution in [0.4, 0.5) is 0 Å². The SMILES string of the molecule is C[B]n1c(C)cc(C)c1C=CC. The van der Waals surface area contributed by atoms with E-state index in [4.69, 9.17) is 0 Å².